The lowest BCUT2D eigenvalue weighted by Crippen LogP contribution is -2.15. The third-order valence-electron chi connectivity index (χ3n) is 6.61. The van der Waals surface area contributed by atoms with Crippen LogP contribution in [0, 0.1) is 0 Å². The minimum absolute atomic E-state index is 0.120. The van der Waals surface area contributed by atoms with Crippen LogP contribution >= 0.6 is 0 Å². The zero-order valence-corrected chi connectivity index (χ0v) is 25.9. The summed E-state index contributed by atoms with van der Waals surface area (Å²) in [5, 5.41) is 0. The van der Waals surface area contributed by atoms with Gasteiger partial charge in [0.05, 0.1) is 59.5 Å². The van der Waals surface area contributed by atoms with Gasteiger partial charge in [0.2, 0.25) is 0 Å². The SMILES string of the molecule is CCCCCCCCCCCC(=O)OCCOCCOCCOCCOCCOCCCCCCCCCC. The van der Waals surface area contributed by atoms with Crippen molar-refractivity contribution < 1.29 is 33.2 Å². The van der Waals surface area contributed by atoms with E-state index in [1.165, 1.54) is 89.9 Å². The summed E-state index contributed by atoms with van der Waals surface area (Å²) in [5.41, 5.74) is 0. The number of esters is 1. The zero-order valence-electron chi connectivity index (χ0n) is 25.9. The van der Waals surface area contributed by atoms with Crippen LogP contribution in [0.2, 0.25) is 0 Å². The third kappa shape index (κ3) is 35.2. The molecule has 0 aromatic carbocycles. The summed E-state index contributed by atoms with van der Waals surface area (Å²) in [7, 11) is 0. The number of rotatable bonds is 34. The minimum atomic E-state index is -0.120. The molecule has 0 aliphatic carbocycles. The van der Waals surface area contributed by atoms with Gasteiger partial charge in [-0.2, -0.15) is 0 Å². The molecule has 0 atom stereocenters. The molecule has 234 valence electrons. The summed E-state index contributed by atoms with van der Waals surface area (Å²) < 4.78 is 32.8. The normalized spacial score (nSPS) is 11.3. The Morgan fingerprint density at radius 2 is 0.667 bits per heavy atom. The van der Waals surface area contributed by atoms with Crippen LogP contribution < -0.4 is 0 Å². The van der Waals surface area contributed by atoms with Gasteiger partial charge in [-0.1, -0.05) is 110 Å². The molecule has 0 amide bonds. The van der Waals surface area contributed by atoms with Crippen molar-refractivity contribution in [2.45, 2.75) is 129 Å². The van der Waals surface area contributed by atoms with Gasteiger partial charge in [-0.15, -0.1) is 0 Å². The van der Waals surface area contributed by atoms with E-state index in [4.69, 9.17) is 28.4 Å². The van der Waals surface area contributed by atoms with Crippen molar-refractivity contribution in [3.63, 3.8) is 0 Å². The van der Waals surface area contributed by atoms with Gasteiger partial charge in [-0.05, 0) is 12.8 Å². The van der Waals surface area contributed by atoms with E-state index < -0.39 is 0 Å². The van der Waals surface area contributed by atoms with Gasteiger partial charge in [0.1, 0.15) is 6.61 Å². The van der Waals surface area contributed by atoms with E-state index in [0.717, 1.165) is 25.9 Å². The molecule has 0 spiro atoms. The Balaban J connectivity index is 3.11. The highest BCUT2D eigenvalue weighted by Crippen LogP contribution is 2.11. The summed E-state index contributed by atoms with van der Waals surface area (Å²) in [6.07, 6.45) is 22.3. The molecular weight excluding hydrogens is 496 g/mol. The van der Waals surface area contributed by atoms with E-state index in [-0.39, 0.29) is 5.97 Å². The van der Waals surface area contributed by atoms with Gasteiger partial charge in [0, 0.05) is 13.0 Å². The molecule has 0 saturated carbocycles. The molecule has 0 unspecified atom stereocenters. The summed E-state index contributed by atoms with van der Waals surface area (Å²) in [6.45, 7) is 10.5. The predicted molar refractivity (Wildman–Crippen MR) is 160 cm³/mol. The molecular formula is C32H64O7. The summed E-state index contributed by atoms with van der Waals surface area (Å²) in [4.78, 5) is 11.7. The van der Waals surface area contributed by atoms with Gasteiger partial charge in [0.25, 0.3) is 0 Å². The van der Waals surface area contributed by atoms with Crippen LogP contribution in [0.3, 0.4) is 0 Å². The van der Waals surface area contributed by atoms with Crippen molar-refractivity contribution in [1.82, 2.24) is 0 Å². The molecule has 0 aliphatic rings. The predicted octanol–water partition coefficient (Wildman–Crippen LogP) is 7.67. The second kappa shape index (κ2) is 35.3. The topological polar surface area (TPSA) is 72.5 Å². The Kier molecular flexibility index (Phi) is 34.6. The fourth-order valence-corrected chi connectivity index (χ4v) is 4.19. The van der Waals surface area contributed by atoms with Crippen LogP contribution in [-0.2, 0) is 33.2 Å². The quantitative estimate of drug-likeness (QED) is 0.0590. The van der Waals surface area contributed by atoms with E-state index in [0.29, 0.717) is 72.5 Å². The molecule has 0 heterocycles. The van der Waals surface area contributed by atoms with Crippen molar-refractivity contribution >= 4 is 5.97 Å². The number of carbonyl (C=O) groups excluding carboxylic acids is 1. The monoisotopic (exact) mass is 560 g/mol. The smallest absolute Gasteiger partial charge is 0.305 e. The lowest BCUT2D eigenvalue weighted by molar-refractivity contribution is -0.145. The van der Waals surface area contributed by atoms with Crippen molar-refractivity contribution in [1.29, 1.82) is 0 Å². The van der Waals surface area contributed by atoms with Crippen LogP contribution in [0.5, 0.6) is 0 Å². The molecule has 0 fully saturated rings. The molecule has 0 aromatic heterocycles. The maximum absolute atomic E-state index is 11.7. The molecule has 7 nitrogen and oxygen atoms in total. The zero-order chi connectivity index (χ0) is 28.3. The second-order valence-corrected chi connectivity index (χ2v) is 10.3. The Labute approximate surface area is 241 Å². The number of hydrogen-bond donors (Lipinski definition) is 0. The first-order valence-corrected chi connectivity index (χ1v) is 16.4. The summed E-state index contributed by atoms with van der Waals surface area (Å²) in [5.74, 6) is -0.120. The lowest BCUT2D eigenvalue weighted by atomic mass is 10.1. The molecule has 39 heavy (non-hydrogen) atoms. The van der Waals surface area contributed by atoms with Gasteiger partial charge in [0.15, 0.2) is 0 Å². The van der Waals surface area contributed by atoms with Gasteiger partial charge in [-0.25, -0.2) is 0 Å². The third-order valence-corrected chi connectivity index (χ3v) is 6.61. The maximum atomic E-state index is 11.7. The average molecular weight is 561 g/mol. The summed E-state index contributed by atoms with van der Waals surface area (Å²) >= 11 is 0. The van der Waals surface area contributed by atoms with Gasteiger partial charge < -0.3 is 28.4 Å². The van der Waals surface area contributed by atoms with E-state index in [1.807, 2.05) is 0 Å². The van der Waals surface area contributed by atoms with E-state index in [9.17, 15) is 4.79 Å². The van der Waals surface area contributed by atoms with Crippen molar-refractivity contribution in [3.05, 3.63) is 0 Å². The van der Waals surface area contributed by atoms with Gasteiger partial charge in [-0.3, -0.25) is 4.79 Å². The Morgan fingerprint density at radius 3 is 1.08 bits per heavy atom. The molecule has 7 heteroatoms. The molecule has 0 N–H and O–H groups in total. The van der Waals surface area contributed by atoms with E-state index in [2.05, 4.69) is 13.8 Å². The first-order valence-electron chi connectivity index (χ1n) is 16.4. The second-order valence-electron chi connectivity index (χ2n) is 10.3. The average Bonchev–Trinajstić information content (AvgIpc) is 2.94. The first-order chi connectivity index (χ1) is 19.3. The highest BCUT2D eigenvalue weighted by atomic mass is 16.6. The number of hydrogen-bond acceptors (Lipinski definition) is 7. The Hall–Kier alpha value is -0.730. The summed E-state index contributed by atoms with van der Waals surface area (Å²) in [6, 6.07) is 0. The Morgan fingerprint density at radius 1 is 0.359 bits per heavy atom. The van der Waals surface area contributed by atoms with Crippen LogP contribution in [0.15, 0.2) is 0 Å². The molecule has 0 rings (SSSR count). The fourth-order valence-electron chi connectivity index (χ4n) is 4.19. The number of carbonyl (C=O) groups is 1. The highest BCUT2D eigenvalue weighted by molar-refractivity contribution is 5.69. The minimum Gasteiger partial charge on any atom is -0.463 e. The molecule has 0 aromatic rings. The van der Waals surface area contributed by atoms with Gasteiger partial charge >= 0.3 is 5.97 Å². The molecule has 0 aliphatic heterocycles. The van der Waals surface area contributed by atoms with E-state index in [1.54, 1.807) is 0 Å². The van der Waals surface area contributed by atoms with Crippen LogP contribution in [0.1, 0.15) is 129 Å². The highest BCUT2D eigenvalue weighted by Gasteiger charge is 2.02. The molecule has 0 saturated heterocycles. The fraction of sp³-hybridized carbons (Fsp3) is 0.969. The van der Waals surface area contributed by atoms with Crippen molar-refractivity contribution in [3.8, 4) is 0 Å². The van der Waals surface area contributed by atoms with Crippen LogP contribution in [0.25, 0.3) is 0 Å². The van der Waals surface area contributed by atoms with E-state index >= 15 is 0 Å². The molecule has 0 radical (unpaired) electrons. The molecule has 0 bridgehead atoms. The maximum Gasteiger partial charge on any atom is 0.305 e. The Bertz CT molecular complexity index is 462. The largest absolute Gasteiger partial charge is 0.463 e. The first kappa shape index (κ1) is 38.3. The van der Waals surface area contributed by atoms with Crippen molar-refractivity contribution in [2.24, 2.45) is 0 Å². The lowest BCUT2D eigenvalue weighted by Gasteiger charge is -2.08. The number of ether oxygens (including phenoxy) is 6. The van der Waals surface area contributed by atoms with Crippen LogP contribution in [0.4, 0.5) is 0 Å². The standard InChI is InChI=1S/C32H64O7/c1-3-5-7-9-11-13-14-16-18-20-32(33)39-31-30-38-29-28-37-27-26-36-25-24-35-23-22-34-21-19-17-15-12-10-8-6-4-2/h3-31H2,1-2H3. The number of unbranched alkanes of at least 4 members (excludes halogenated alkanes) is 15. The van der Waals surface area contributed by atoms with Crippen LogP contribution in [-0.4, -0.2) is 78.6 Å². The van der Waals surface area contributed by atoms with Crippen molar-refractivity contribution in [2.75, 3.05) is 72.7 Å².